The van der Waals surface area contributed by atoms with E-state index in [9.17, 15) is 4.79 Å². The Balaban J connectivity index is 1.86. The number of fused-ring (bicyclic) bond motifs is 1. The lowest BCUT2D eigenvalue weighted by molar-refractivity contribution is 0.0740. The number of carbonyl (C=O) groups excluding carboxylic acids is 1. The van der Waals surface area contributed by atoms with Gasteiger partial charge in [-0.15, -0.1) is 23.1 Å². The molecule has 1 amide bonds. The first kappa shape index (κ1) is 13.7. The maximum absolute atomic E-state index is 12.5. The first-order chi connectivity index (χ1) is 9.70. The van der Waals surface area contributed by atoms with Crippen LogP contribution in [0.15, 0.2) is 17.2 Å². The third-order valence-corrected chi connectivity index (χ3v) is 5.84. The fourth-order valence-corrected chi connectivity index (χ4v) is 4.49. The Kier molecular flexibility index (Phi) is 3.82. The largest absolute Gasteiger partial charge is 0.404 e. The lowest BCUT2D eigenvalue weighted by atomic mass is 10.1. The second-order valence-electron chi connectivity index (χ2n) is 4.68. The lowest BCUT2D eigenvalue weighted by Crippen LogP contribution is -2.46. The maximum atomic E-state index is 12.5. The molecule has 0 atom stereocenters. The monoisotopic (exact) mass is 308 g/mol. The molecule has 4 N–H and O–H groups in total. The highest BCUT2D eigenvalue weighted by Gasteiger charge is 2.26. The highest BCUT2D eigenvalue weighted by Crippen LogP contribution is 2.37. The Morgan fingerprint density at radius 2 is 2.20 bits per heavy atom. The zero-order valence-electron chi connectivity index (χ0n) is 10.9. The van der Waals surface area contributed by atoms with Crippen LogP contribution in [0, 0.1) is 5.41 Å². The van der Waals surface area contributed by atoms with Gasteiger partial charge in [0.15, 0.2) is 0 Å². The molecule has 106 valence electrons. The predicted octanol–water partition coefficient (Wildman–Crippen LogP) is 1.21. The number of hydrogen-bond donors (Lipinski definition) is 3. The molecule has 0 radical (unpaired) electrons. The van der Waals surface area contributed by atoms with Crippen LogP contribution in [0.5, 0.6) is 0 Å². The van der Waals surface area contributed by atoms with Gasteiger partial charge >= 0.3 is 0 Å². The summed E-state index contributed by atoms with van der Waals surface area (Å²) in [5.41, 5.74) is 6.84. The summed E-state index contributed by atoms with van der Waals surface area (Å²) in [4.78, 5) is 17.0. The number of amides is 1. The highest BCUT2D eigenvalue weighted by atomic mass is 32.2. The van der Waals surface area contributed by atoms with Crippen molar-refractivity contribution in [3.8, 4) is 0 Å². The molecule has 0 aromatic carbocycles. The van der Waals surface area contributed by atoms with Gasteiger partial charge in [0.2, 0.25) is 0 Å². The number of thioether (sulfide) groups is 1. The van der Waals surface area contributed by atoms with Gasteiger partial charge in [-0.25, -0.2) is 0 Å². The van der Waals surface area contributed by atoms with E-state index in [0.717, 1.165) is 52.2 Å². The van der Waals surface area contributed by atoms with Gasteiger partial charge in [0.25, 0.3) is 5.91 Å². The Morgan fingerprint density at radius 1 is 1.45 bits per heavy atom. The zero-order valence-corrected chi connectivity index (χ0v) is 12.6. The molecule has 7 heteroatoms. The summed E-state index contributed by atoms with van der Waals surface area (Å²) >= 11 is 3.07. The van der Waals surface area contributed by atoms with E-state index < -0.39 is 0 Å². The standard InChI is InChI=1S/C13H16N4OS2/c14-6-10-12(15)8-5-9(20-11(8)7-19-10)13(18)17-3-1-16-2-4-17/h5-6,15-16H,1-4,7,14H2. The second kappa shape index (κ2) is 5.59. The topological polar surface area (TPSA) is 82.2 Å². The van der Waals surface area contributed by atoms with Gasteiger partial charge in [-0.3, -0.25) is 10.2 Å². The average Bonchev–Trinajstić information content (AvgIpc) is 2.93. The van der Waals surface area contributed by atoms with Crippen molar-refractivity contribution < 1.29 is 4.79 Å². The van der Waals surface area contributed by atoms with Gasteiger partial charge < -0.3 is 16.0 Å². The van der Waals surface area contributed by atoms with E-state index in [-0.39, 0.29) is 5.91 Å². The molecule has 1 saturated heterocycles. The lowest BCUT2D eigenvalue weighted by Gasteiger charge is -2.26. The van der Waals surface area contributed by atoms with Crippen molar-refractivity contribution in [3.63, 3.8) is 0 Å². The minimum absolute atomic E-state index is 0.0852. The molecule has 3 rings (SSSR count). The normalized spacial score (nSPS) is 21.1. The average molecular weight is 308 g/mol. The van der Waals surface area contributed by atoms with Crippen molar-refractivity contribution in [2.45, 2.75) is 5.75 Å². The molecule has 1 fully saturated rings. The molecule has 20 heavy (non-hydrogen) atoms. The summed E-state index contributed by atoms with van der Waals surface area (Å²) in [6.45, 7) is 3.20. The van der Waals surface area contributed by atoms with Crippen LogP contribution in [0.1, 0.15) is 20.1 Å². The van der Waals surface area contributed by atoms with E-state index in [1.807, 2.05) is 11.0 Å². The fourth-order valence-electron chi connectivity index (χ4n) is 2.36. The summed E-state index contributed by atoms with van der Waals surface area (Å²) in [7, 11) is 0. The van der Waals surface area contributed by atoms with Crippen molar-refractivity contribution in [2.24, 2.45) is 5.73 Å². The minimum atomic E-state index is 0.0852. The number of nitrogens with two attached hydrogens (primary N) is 1. The molecule has 0 bridgehead atoms. The SMILES string of the molecule is N=C1C(=CN)SCc2sc(C(=O)N3CCNCC3)cc21. The number of hydrogen-bond acceptors (Lipinski definition) is 6. The van der Waals surface area contributed by atoms with Crippen LogP contribution in [0.2, 0.25) is 0 Å². The maximum Gasteiger partial charge on any atom is 0.264 e. The molecule has 0 aliphatic carbocycles. The molecule has 5 nitrogen and oxygen atoms in total. The van der Waals surface area contributed by atoms with Crippen LogP contribution in [-0.4, -0.2) is 42.7 Å². The molecular weight excluding hydrogens is 292 g/mol. The van der Waals surface area contributed by atoms with Crippen LogP contribution < -0.4 is 11.1 Å². The summed E-state index contributed by atoms with van der Waals surface area (Å²) < 4.78 is 0. The van der Waals surface area contributed by atoms with E-state index in [1.165, 1.54) is 17.5 Å². The smallest absolute Gasteiger partial charge is 0.264 e. The summed E-state index contributed by atoms with van der Waals surface area (Å²) in [6.07, 6.45) is 1.48. The molecular formula is C13H16N4OS2. The molecule has 0 unspecified atom stereocenters. The molecule has 0 spiro atoms. The van der Waals surface area contributed by atoms with Crippen LogP contribution in [0.4, 0.5) is 0 Å². The highest BCUT2D eigenvalue weighted by molar-refractivity contribution is 8.03. The number of carbonyl (C=O) groups is 1. The fraction of sp³-hybridized carbons (Fsp3) is 0.385. The van der Waals surface area contributed by atoms with Crippen LogP contribution in [-0.2, 0) is 5.75 Å². The van der Waals surface area contributed by atoms with Gasteiger partial charge in [0, 0.05) is 53.5 Å². The molecule has 3 heterocycles. The van der Waals surface area contributed by atoms with Gasteiger partial charge in [-0.05, 0) is 6.07 Å². The number of piperazine rings is 1. The number of rotatable bonds is 1. The van der Waals surface area contributed by atoms with Gasteiger partial charge in [0.05, 0.1) is 10.6 Å². The van der Waals surface area contributed by atoms with Crippen LogP contribution >= 0.6 is 23.1 Å². The van der Waals surface area contributed by atoms with E-state index in [2.05, 4.69) is 5.32 Å². The van der Waals surface area contributed by atoms with E-state index in [0.29, 0.717) is 5.71 Å². The summed E-state index contributed by atoms with van der Waals surface area (Å²) in [5.74, 6) is 0.877. The predicted molar refractivity (Wildman–Crippen MR) is 83.5 cm³/mol. The van der Waals surface area contributed by atoms with Crippen molar-refractivity contribution in [2.75, 3.05) is 26.2 Å². The summed E-state index contributed by atoms with van der Waals surface area (Å²) in [5, 5.41) is 11.4. The van der Waals surface area contributed by atoms with Crippen LogP contribution in [0.25, 0.3) is 0 Å². The Labute approximate surface area is 125 Å². The number of thiophene rings is 1. The van der Waals surface area contributed by atoms with Gasteiger partial charge in [-0.2, -0.15) is 0 Å². The Bertz CT molecular complexity index is 587. The van der Waals surface area contributed by atoms with Crippen molar-refractivity contribution in [1.82, 2.24) is 10.2 Å². The van der Waals surface area contributed by atoms with E-state index >= 15 is 0 Å². The molecule has 1 aromatic rings. The Hall–Kier alpha value is -1.31. The van der Waals surface area contributed by atoms with Gasteiger partial charge in [0.1, 0.15) is 0 Å². The van der Waals surface area contributed by atoms with Crippen molar-refractivity contribution >= 4 is 34.7 Å². The molecule has 2 aliphatic rings. The third-order valence-electron chi connectivity index (χ3n) is 3.45. The first-order valence-electron chi connectivity index (χ1n) is 6.47. The van der Waals surface area contributed by atoms with Crippen molar-refractivity contribution in [3.05, 3.63) is 32.5 Å². The number of allylic oxidation sites excluding steroid dienone is 1. The number of nitrogens with zero attached hydrogens (tertiary/aromatic N) is 1. The van der Waals surface area contributed by atoms with E-state index in [1.54, 1.807) is 11.8 Å². The minimum Gasteiger partial charge on any atom is -0.404 e. The van der Waals surface area contributed by atoms with Gasteiger partial charge in [-0.1, -0.05) is 0 Å². The molecule has 0 saturated carbocycles. The van der Waals surface area contributed by atoms with E-state index in [4.69, 9.17) is 11.1 Å². The number of nitrogens with one attached hydrogen (secondary N) is 2. The third kappa shape index (κ3) is 2.36. The Morgan fingerprint density at radius 3 is 2.90 bits per heavy atom. The molecule has 1 aromatic heterocycles. The molecule has 2 aliphatic heterocycles. The van der Waals surface area contributed by atoms with Crippen LogP contribution in [0.3, 0.4) is 0 Å². The first-order valence-corrected chi connectivity index (χ1v) is 8.27. The van der Waals surface area contributed by atoms with Crippen molar-refractivity contribution in [1.29, 1.82) is 5.41 Å². The zero-order chi connectivity index (χ0) is 14.1. The quantitative estimate of drug-likeness (QED) is 0.728. The second-order valence-corrected chi connectivity index (χ2v) is 6.84. The summed E-state index contributed by atoms with van der Waals surface area (Å²) in [6, 6.07) is 1.86.